The van der Waals surface area contributed by atoms with Crippen LogP contribution in [0.25, 0.3) is 11.1 Å². The largest absolute Gasteiger partial charge is 0.369 e. The second-order valence-corrected chi connectivity index (χ2v) is 7.06. The summed E-state index contributed by atoms with van der Waals surface area (Å²) in [5.74, 6) is 0.635. The van der Waals surface area contributed by atoms with E-state index in [9.17, 15) is 5.26 Å². The van der Waals surface area contributed by atoms with Crippen LogP contribution in [0, 0.1) is 11.3 Å². The average Bonchev–Trinajstić information content (AvgIpc) is 2.68. The Morgan fingerprint density at radius 1 is 0.963 bits per heavy atom. The van der Waals surface area contributed by atoms with Crippen LogP contribution in [0.15, 0.2) is 58.5 Å². The molecular formula is C21H22N6. The van der Waals surface area contributed by atoms with Gasteiger partial charge in [-0.2, -0.15) is 10.3 Å². The molecule has 0 bridgehead atoms. The molecule has 0 saturated heterocycles. The molecule has 2 aromatic rings. The molecule has 6 heteroatoms. The van der Waals surface area contributed by atoms with Crippen molar-refractivity contribution in [2.24, 2.45) is 21.5 Å². The summed E-state index contributed by atoms with van der Waals surface area (Å²) in [4.78, 5) is 11.0. The first-order valence-electron chi connectivity index (χ1n) is 9.22. The number of benzene rings is 2. The van der Waals surface area contributed by atoms with Crippen LogP contribution in [0.1, 0.15) is 37.7 Å². The minimum atomic E-state index is -0.457. The van der Waals surface area contributed by atoms with Crippen molar-refractivity contribution in [1.82, 2.24) is 0 Å². The van der Waals surface area contributed by atoms with E-state index in [-0.39, 0.29) is 5.96 Å². The minimum absolute atomic E-state index is 0.253. The van der Waals surface area contributed by atoms with E-state index in [0.717, 1.165) is 42.5 Å². The number of hydrogen-bond acceptors (Lipinski definition) is 6. The zero-order valence-corrected chi connectivity index (χ0v) is 15.1. The van der Waals surface area contributed by atoms with Crippen LogP contribution in [0.5, 0.6) is 0 Å². The average molecular weight is 358 g/mol. The first-order chi connectivity index (χ1) is 13.1. The normalized spacial score (nSPS) is 18.6. The van der Waals surface area contributed by atoms with Gasteiger partial charge in [0.2, 0.25) is 11.9 Å². The summed E-state index contributed by atoms with van der Waals surface area (Å²) in [6.45, 7) is 0. The lowest BCUT2D eigenvalue weighted by atomic mass is 9.87. The number of nitrogens with two attached hydrogens (primary N) is 2. The second kappa shape index (κ2) is 6.76. The Bertz CT molecular complexity index is 963. The number of nitrogens with zero attached hydrogens (tertiary/aromatic N) is 4. The Hall–Kier alpha value is -3.33. The molecular weight excluding hydrogens is 336 g/mol. The lowest BCUT2D eigenvalue weighted by Crippen LogP contribution is -2.58. The van der Waals surface area contributed by atoms with Gasteiger partial charge in [-0.3, -0.25) is 4.90 Å². The van der Waals surface area contributed by atoms with Crippen LogP contribution in [0.4, 0.5) is 5.69 Å². The van der Waals surface area contributed by atoms with Crippen molar-refractivity contribution in [3.8, 4) is 17.2 Å². The molecule has 4 rings (SSSR count). The van der Waals surface area contributed by atoms with Gasteiger partial charge in [-0.25, -0.2) is 4.99 Å². The highest BCUT2D eigenvalue weighted by molar-refractivity contribution is 6.05. The predicted molar refractivity (Wildman–Crippen MR) is 108 cm³/mol. The molecule has 0 atom stereocenters. The van der Waals surface area contributed by atoms with Gasteiger partial charge in [0.25, 0.3) is 0 Å². The maximum atomic E-state index is 9.18. The van der Waals surface area contributed by atoms with Crippen molar-refractivity contribution in [2.75, 3.05) is 4.90 Å². The molecule has 1 aliphatic heterocycles. The Morgan fingerprint density at radius 3 is 2.41 bits per heavy atom. The zero-order valence-electron chi connectivity index (χ0n) is 15.1. The fraction of sp³-hybridized carbons (Fsp3) is 0.286. The number of anilines is 1. The van der Waals surface area contributed by atoms with Gasteiger partial charge >= 0.3 is 0 Å². The number of rotatable bonds is 2. The van der Waals surface area contributed by atoms with E-state index in [4.69, 9.17) is 16.5 Å². The van der Waals surface area contributed by atoms with E-state index in [0.29, 0.717) is 11.5 Å². The third-order valence-corrected chi connectivity index (χ3v) is 5.28. The van der Waals surface area contributed by atoms with E-state index in [2.05, 4.69) is 17.1 Å². The Labute approximate surface area is 158 Å². The summed E-state index contributed by atoms with van der Waals surface area (Å²) in [6.07, 6.45) is 5.17. The predicted octanol–water partition coefficient (Wildman–Crippen LogP) is 3.34. The van der Waals surface area contributed by atoms with Crippen molar-refractivity contribution in [3.63, 3.8) is 0 Å². The Morgan fingerprint density at radius 2 is 1.67 bits per heavy atom. The number of hydrogen-bond donors (Lipinski definition) is 2. The summed E-state index contributed by atoms with van der Waals surface area (Å²) in [6, 6.07) is 17.9. The molecule has 136 valence electrons. The first kappa shape index (κ1) is 17.1. The maximum Gasteiger partial charge on any atom is 0.220 e. The topological polar surface area (TPSA) is 104 Å². The fourth-order valence-electron chi connectivity index (χ4n) is 4.09. The molecule has 0 unspecified atom stereocenters. The molecule has 0 aromatic heterocycles. The second-order valence-electron chi connectivity index (χ2n) is 7.06. The van der Waals surface area contributed by atoms with Gasteiger partial charge in [-0.15, -0.1) is 0 Å². The molecule has 0 amide bonds. The van der Waals surface area contributed by atoms with E-state index >= 15 is 0 Å². The van der Waals surface area contributed by atoms with Crippen molar-refractivity contribution >= 4 is 17.6 Å². The summed E-state index contributed by atoms with van der Waals surface area (Å²) >= 11 is 0. The summed E-state index contributed by atoms with van der Waals surface area (Å²) < 4.78 is 0. The van der Waals surface area contributed by atoms with Crippen molar-refractivity contribution in [2.45, 2.75) is 37.8 Å². The molecule has 0 radical (unpaired) electrons. The highest BCUT2D eigenvalue weighted by Crippen LogP contribution is 2.40. The third-order valence-electron chi connectivity index (χ3n) is 5.28. The van der Waals surface area contributed by atoms with Gasteiger partial charge in [-0.05, 0) is 61.1 Å². The molecule has 1 spiro atoms. The number of aliphatic imine (C=N–C) groups is 2. The Balaban J connectivity index is 1.78. The number of nitriles is 1. The van der Waals surface area contributed by atoms with Crippen LogP contribution >= 0.6 is 0 Å². The standard InChI is InChI=1S/C21H22N6/c22-14-15-6-4-7-16(12-15)17-8-5-9-18(13-17)27-20(24)25-19(23)26-21(27)10-2-1-3-11-21/h4-9,12-13H,1-3,10-11H2,(H4,23,24,25,26). The van der Waals surface area contributed by atoms with Crippen LogP contribution in [0.2, 0.25) is 0 Å². The highest BCUT2D eigenvalue weighted by Gasteiger charge is 2.42. The quantitative estimate of drug-likeness (QED) is 0.859. The number of guanidine groups is 2. The van der Waals surface area contributed by atoms with Gasteiger partial charge in [0.1, 0.15) is 5.66 Å². The van der Waals surface area contributed by atoms with Crippen LogP contribution in [-0.2, 0) is 0 Å². The van der Waals surface area contributed by atoms with E-state index in [1.54, 1.807) is 6.07 Å². The lowest BCUT2D eigenvalue weighted by molar-refractivity contribution is 0.305. The summed E-state index contributed by atoms with van der Waals surface area (Å²) in [5, 5.41) is 9.18. The Kier molecular flexibility index (Phi) is 4.28. The van der Waals surface area contributed by atoms with Crippen molar-refractivity contribution in [3.05, 3.63) is 54.1 Å². The lowest BCUT2D eigenvalue weighted by Gasteiger charge is -2.45. The molecule has 6 nitrogen and oxygen atoms in total. The minimum Gasteiger partial charge on any atom is -0.369 e. The summed E-state index contributed by atoms with van der Waals surface area (Å²) in [7, 11) is 0. The maximum absolute atomic E-state index is 9.18. The zero-order chi connectivity index (χ0) is 18.9. The molecule has 2 aliphatic rings. The monoisotopic (exact) mass is 358 g/mol. The van der Waals surface area contributed by atoms with Crippen molar-refractivity contribution in [1.29, 1.82) is 5.26 Å². The van der Waals surface area contributed by atoms with E-state index < -0.39 is 5.66 Å². The molecule has 2 aromatic carbocycles. The van der Waals surface area contributed by atoms with Crippen LogP contribution in [0.3, 0.4) is 0 Å². The third kappa shape index (κ3) is 3.13. The molecule has 1 heterocycles. The molecule has 1 saturated carbocycles. The van der Waals surface area contributed by atoms with Crippen LogP contribution in [-0.4, -0.2) is 17.6 Å². The van der Waals surface area contributed by atoms with Gasteiger partial charge in [-0.1, -0.05) is 30.7 Å². The van der Waals surface area contributed by atoms with E-state index in [1.165, 1.54) is 6.42 Å². The van der Waals surface area contributed by atoms with Crippen LogP contribution < -0.4 is 16.4 Å². The van der Waals surface area contributed by atoms with Gasteiger partial charge in [0, 0.05) is 5.69 Å². The van der Waals surface area contributed by atoms with Gasteiger partial charge < -0.3 is 11.5 Å². The smallest absolute Gasteiger partial charge is 0.220 e. The SMILES string of the molecule is N#Cc1cccc(-c2cccc(N3C(N)=NC(N)=NC34CCCCC4)c2)c1. The van der Waals surface area contributed by atoms with Gasteiger partial charge in [0.15, 0.2) is 0 Å². The molecule has 4 N–H and O–H groups in total. The summed E-state index contributed by atoms with van der Waals surface area (Å²) in [5.41, 5.74) is 15.4. The molecule has 27 heavy (non-hydrogen) atoms. The fourth-order valence-corrected chi connectivity index (χ4v) is 4.09. The molecule has 1 aliphatic carbocycles. The van der Waals surface area contributed by atoms with Crippen molar-refractivity contribution < 1.29 is 0 Å². The van der Waals surface area contributed by atoms with Gasteiger partial charge in [0.05, 0.1) is 11.6 Å². The molecule has 1 fully saturated rings. The first-order valence-corrected chi connectivity index (χ1v) is 9.22. The van der Waals surface area contributed by atoms with E-state index in [1.807, 2.05) is 41.3 Å². The highest BCUT2D eigenvalue weighted by atomic mass is 15.4.